The highest BCUT2D eigenvalue weighted by Crippen LogP contribution is 2.36. The highest BCUT2D eigenvalue weighted by atomic mass is 35.5. The van der Waals surface area contributed by atoms with Gasteiger partial charge in [-0.1, -0.05) is 41.9 Å². The van der Waals surface area contributed by atoms with Crippen molar-refractivity contribution in [2.24, 2.45) is 0 Å². The Labute approximate surface area is 202 Å². The van der Waals surface area contributed by atoms with Crippen LogP contribution in [0.3, 0.4) is 0 Å². The van der Waals surface area contributed by atoms with Crippen molar-refractivity contribution in [3.05, 3.63) is 64.5 Å². The SMILES string of the molecule is CSc1cc(-c2ccccc2)cc(S(=O)(=O)c2cc(Cl)c(CNC(=O)OC(C)(C)C)s2)c1. The molecule has 0 saturated carbocycles. The van der Waals surface area contributed by atoms with E-state index < -0.39 is 21.5 Å². The van der Waals surface area contributed by atoms with E-state index in [0.717, 1.165) is 27.4 Å². The third kappa shape index (κ3) is 6.07. The number of thioether (sulfide) groups is 1. The first-order valence-corrected chi connectivity index (χ1v) is 13.6. The van der Waals surface area contributed by atoms with Gasteiger partial charge in [0.25, 0.3) is 0 Å². The summed E-state index contributed by atoms with van der Waals surface area (Å²) in [6, 6.07) is 16.4. The Morgan fingerprint density at radius 1 is 1.09 bits per heavy atom. The van der Waals surface area contributed by atoms with Gasteiger partial charge < -0.3 is 10.1 Å². The molecule has 5 nitrogen and oxygen atoms in total. The van der Waals surface area contributed by atoms with E-state index in [1.165, 1.54) is 17.8 Å². The van der Waals surface area contributed by atoms with Crippen molar-refractivity contribution in [1.82, 2.24) is 5.32 Å². The lowest BCUT2D eigenvalue weighted by Crippen LogP contribution is -2.31. The van der Waals surface area contributed by atoms with Gasteiger partial charge in [0.05, 0.1) is 16.5 Å². The molecule has 0 saturated heterocycles. The number of carbonyl (C=O) groups excluding carboxylic acids is 1. The van der Waals surface area contributed by atoms with Crippen molar-refractivity contribution in [2.45, 2.75) is 46.9 Å². The summed E-state index contributed by atoms with van der Waals surface area (Å²) in [6.45, 7) is 5.37. The average Bonchev–Trinajstić information content (AvgIpc) is 3.12. The summed E-state index contributed by atoms with van der Waals surface area (Å²) in [5, 5.41) is 2.90. The van der Waals surface area contributed by atoms with Gasteiger partial charge in [-0.2, -0.15) is 0 Å². The lowest BCUT2D eigenvalue weighted by atomic mass is 10.1. The number of halogens is 1. The first-order chi connectivity index (χ1) is 15.0. The molecular weight excluding hydrogens is 486 g/mol. The smallest absolute Gasteiger partial charge is 0.407 e. The largest absolute Gasteiger partial charge is 0.444 e. The molecule has 0 aliphatic rings. The molecule has 3 aromatic rings. The Hall–Kier alpha value is -2.00. The molecule has 0 aliphatic carbocycles. The standard InChI is InChI=1S/C23H24ClNO4S3/c1-23(2,3)29-22(26)25-14-20-19(24)13-21(31-20)32(27,28)18-11-16(10-17(12-18)30-4)15-8-6-5-7-9-15/h5-13H,14H2,1-4H3,(H,25,26). The first kappa shape index (κ1) is 24.6. The summed E-state index contributed by atoms with van der Waals surface area (Å²) in [5.74, 6) is 0. The monoisotopic (exact) mass is 509 g/mol. The predicted octanol–water partition coefficient (Wildman–Crippen LogP) is 6.65. The normalized spacial score (nSPS) is 11.9. The topological polar surface area (TPSA) is 72.5 Å². The summed E-state index contributed by atoms with van der Waals surface area (Å²) in [6.07, 6.45) is 1.31. The van der Waals surface area contributed by atoms with E-state index in [-0.39, 0.29) is 20.7 Å². The zero-order chi connectivity index (χ0) is 23.5. The van der Waals surface area contributed by atoms with Crippen LogP contribution in [0.5, 0.6) is 0 Å². The maximum absolute atomic E-state index is 13.4. The summed E-state index contributed by atoms with van der Waals surface area (Å²) >= 11 is 8.81. The van der Waals surface area contributed by atoms with E-state index in [2.05, 4.69) is 5.32 Å². The Bertz CT molecular complexity index is 1220. The van der Waals surface area contributed by atoms with Crippen molar-refractivity contribution in [2.75, 3.05) is 6.26 Å². The van der Waals surface area contributed by atoms with Gasteiger partial charge in [-0.05, 0) is 62.4 Å². The molecule has 1 heterocycles. The van der Waals surface area contributed by atoms with Crippen LogP contribution < -0.4 is 5.32 Å². The van der Waals surface area contributed by atoms with Crippen LogP contribution in [-0.4, -0.2) is 26.4 Å². The summed E-state index contributed by atoms with van der Waals surface area (Å²) in [5.41, 5.74) is 1.13. The Morgan fingerprint density at radius 2 is 1.78 bits per heavy atom. The number of rotatable bonds is 6. The Balaban J connectivity index is 1.90. The number of alkyl carbamates (subject to hydrolysis) is 1. The maximum atomic E-state index is 13.4. The number of benzene rings is 2. The number of carbonyl (C=O) groups is 1. The second-order valence-corrected chi connectivity index (χ2v) is 12.6. The lowest BCUT2D eigenvalue weighted by Gasteiger charge is -2.19. The molecule has 0 aliphatic heterocycles. The van der Waals surface area contributed by atoms with E-state index >= 15 is 0 Å². The van der Waals surface area contributed by atoms with Gasteiger partial charge in [-0.25, -0.2) is 13.2 Å². The fourth-order valence-electron chi connectivity index (χ4n) is 2.86. The van der Waals surface area contributed by atoms with Crippen molar-refractivity contribution in [3.63, 3.8) is 0 Å². The van der Waals surface area contributed by atoms with Crippen molar-refractivity contribution < 1.29 is 17.9 Å². The van der Waals surface area contributed by atoms with Crippen LogP contribution in [0.25, 0.3) is 11.1 Å². The zero-order valence-electron chi connectivity index (χ0n) is 18.1. The fraction of sp³-hybridized carbons (Fsp3) is 0.261. The second-order valence-electron chi connectivity index (χ2n) is 7.96. The first-order valence-electron chi connectivity index (χ1n) is 9.74. The minimum absolute atomic E-state index is 0.0774. The van der Waals surface area contributed by atoms with Crippen molar-refractivity contribution in [1.29, 1.82) is 0 Å². The quantitative estimate of drug-likeness (QED) is 0.377. The number of thiophene rings is 1. The molecule has 32 heavy (non-hydrogen) atoms. The predicted molar refractivity (Wildman–Crippen MR) is 132 cm³/mol. The number of nitrogens with one attached hydrogen (secondary N) is 1. The second kappa shape index (κ2) is 9.87. The molecule has 1 N–H and O–H groups in total. The number of sulfone groups is 1. The summed E-state index contributed by atoms with van der Waals surface area (Å²) in [7, 11) is -3.79. The average molecular weight is 510 g/mol. The molecule has 2 aromatic carbocycles. The van der Waals surface area contributed by atoms with Crippen LogP contribution in [0, 0.1) is 0 Å². The van der Waals surface area contributed by atoms with Gasteiger partial charge in [0.2, 0.25) is 9.84 Å². The van der Waals surface area contributed by atoms with E-state index in [4.69, 9.17) is 16.3 Å². The van der Waals surface area contributed by atoms with E-state index in [1.54, 1.807) is 32.9 Å². The van der Waals surface area contributed by atoms with Gasteiger partial charge in [0.15, 0.2) is 0 Å². The molecule has 170 valence electrons. The number of ether oxygens (including phenoxy) is 1. The molecule has 0 radical (unpaired) electrons. The van der Waals surface area contributed by atoms with Gasteiger partial charge in [-0.3, -0.25) is 0 Å². The van der Waals surface area contributed by atoms with Crippen LogP contribution in [0.1, 0.15) is 25.6 Å². The van der Waals surface area contributed by atoms with Crippen LogP contribution in [0.2, 0.25) is 5.02 Å². The Kier molecular flexibility index (Phi) is 7.60. The Morgan fingerprint density at radius 3 is 2.41 bits per heavy atom. The molecule has 0 bridgehead atoms. The minimum atomic E-state index is -3.79. The van der Waals surface area contributed by atoms with Gasteiger partial charge >= 0.3 is 6.09 Å². The van der Waals surface area contributed by atoms with E-state index in [0.29, 0.717) is 4.88 Å². The molecule has 1 amide bonds. The van der Waals surface area contributed by atoms with Gasteiger partial charge in [0, 0.05) is 9.77 Å². The van der Waals surface area contributed by atoms with Crippen LogP contribution in [0.15, 0.2) is 68.6 Å². The number of amides is 1. The van der Waals surface area contributed by atoms with E-state index in [9.17, 15) is 13.2 Å². The van der Waals surface area contributed by atoms with Crippen LogP contribution >= 0.6 is 34.7 Å². The van der Waals surface area contributed by atoms with E-state index in [1.807, 2.05) is 42.7 Å². The zero-order valence-corrected chi connectivity index (χ0v) is 21.3. The molecule has 0 atom stereocenters. The molecule has 9 heteroatoms. The summed E-state index contributed by atoms with van der Waals surface area (Å²) < 4.78 is 32.2. The lowest BCUT2D eigenvalue weighted by molar-refractivity contribution is 0.0524. The van der Waals surface area contributed by atoms with Gasteiger partial charge in [0.1, 0.15) is 9.81 Å². The van der Waals surface area contributed by atoms with Crippen LogP contribution in [-0.2, 0) is 21.1 Å². The molecular formula is C23H24ClNO4S3. The van der Waals surface area contributed by atoms with Gasteiger partial charge in [-0.15, -0.1) is 23.1 Å². The van der Waals surface area contributed by atoms with Crippen molar-refractivity contribution in [3.8, 4) is 11.1 Å². The molecule has 1 aromatic heterocycles. The summed E-state index contributed by atoms with van der Waals surface area (Å²) in [4.78, 5) is 13.5. The maximum Gasteiger partial charge on any atom is 0.407 e. The third-order valence-corrected chi connectivity index (χ3v) is 8.82. The molecule has 0 fully saturated rings. The molecule has 0 unspecified atom stereocenters. The third-order valence-electron chi connectivity index (χ3n) is 4.32. The highest BCUT2D eigenvalue weighted by molar-refractivity contribution is 7.98. The molecule has 3 rings (SSSR count). The van der Waals surface area contributed by atoms with Crippen LogP contribution in [0.4, 0.5) is 4.79 Å². The fourth-order valence-corrected chi connectivity index (χ4v) is 6.67. The number of hydrogen-bond donors (Lipinski definition) is 1. The minimum Gasteiger partial charge on any atom is -0.444 e. The van der Waals surface area contributed by atoms with Crippen molar-refractivity contribution >= 4 is 50.6 Å². The number of hydrogen-bond acceptors (Lipinski definition) is 6. The molecule has 0 spiro atoms. The highest BCUT2D eigenvalue weighted by Gasteiger charge is 2.24.